The molecule has 0 radical (unpaired) electrons. The van der Waals surface area contributed by atoms with Crippen molar-refractivity contribution >= 4 is 22.7 Å². The highest BCUT2D eigenvalue weighted by atomic mass is 19.1. The van der Waals surface area contributed by atoms with Gasteiger partial charge in [0.1, 0.15) is 17.6 Å². The van der Waals surface area contributed by atoms with Crippen LogP contribution in [0.15, 0.2) is 36.4 Å². The normalized spacial score (nSPS) is 16.2. The zero-order chi connectivity index (χ0) is 20.5. The van der Waals surface area contributed by atoms with E-state index in [1.165, 1.54) is 18.2 Å². The van der Waals surface area contributed by atoms with Gasteiger partial charge in [0, 0.05) is 30.1 Å². The molecule has 1 aliphatic rings. The van der Waals surface area contributed by atoms with Crippen LogP contribution >= 0.6 is 0 Å². The minimum Gasteiger partial charge on any atom is -0.508 e. The molecule has 1 aliphatic heterocycles. The maximum atomic E-state index is 14.4. The zero-order valence-electron chi connectivity index (χ0n) is 15.4. The van der Waals surface area contributed by atoms with E-state index >= 15 is 0 Å². The Bertz CT molecular complexity index is 1090. The van der Waals surface area contributed by atoms with Gasteiger partial charge < -0.3 is 20.7 Å². The number of H-pyrrole nitrogens is 1. The highest BCUT2D eigenvalue weighted by Gasteiger charge is 2.26. The third kappa shape index (κ3) is 3.78. The van der Waals surface area contributed by atoms with E-state index < -0.39 is 17.7 Å². The standard InChI is InChI=1S/C21H19F2N3O3/c22-12-3-1-11(2-4-12)19-14(15-9-13(27)10-16(23)20(15)26-19)5-6-18(28)25-17-7-8-24-21(17)29/h1-4,9-10,17,26-27H,5-8H2,(H,24,29)(H,25,28). The maximum Gasteiger partial charge on any atom is 0.242 e. The molecule has 0 saturated carbocycles. The Hall–Kier alpha value is -3.42. The summed E-state index contributed by atoms with van der Waals surface area (Å²) in [6.07, 6.45) is 0.857. The van der Waals surface area contributed by atoms with Gasteiger partial charge in [-0.25, -0.2) is 8.78 Å². The van der Waals surface area contributed by atoms with Gasteiger partial charge in [0.15, 0.2) is 5.82 Å². The number of aryl methyl sites for hydroxylation is 1. The SMILES string of the molecule is O=C(CCc1c(-c2ccc(F)cc2)[nH]c2c(F)cc(O)cc12)NC1CCNC1=O. The molecule has 2 aromatic carbocycles. The van der Waals surface area contributed by atoms with Crippen LogP contribution in [0.3, 0.4) is 0 Å². The summed E-state index contributed by atoms with van der Waals surface area (Å²) in [5.41, 5.74) is 2.02. The van der Waals surface area contributed by atoms with Crippen molar-refractivity contribution in [3.63, 3.8) is 0 Å². The van der Waals surface area contributed by atoms with Crippen LogP contribution in [-0.2, 0) is 16.0 Å². The first kappa shape index (κ1) is 18.9. The quantitative estimate of drug-likeness (QED) is 0.531. The van der Waals surface area contributed by atoms with Crippen molar-refractivity contribution < 1.29 is 23.5 Å². The van der Waals surface area contributed by atoms with Gasteiger partial charge in [0.2, 0.25) is 11.8 Å². The van der Waals surface area contributed by atoms with E-state index in [0.29, 0.717) is 35.2 Å². The van der Waals surface area contributed by atoms with E-state index in [1.807, 2.05) is 0 Å². The van der Waals surface area contributed by atoms with Gasteiger partial charge in [0.05, 0.1) is 5.52 Å². The van der Waals surface area contributed by atoms with E-state index in [-0.39, 0.29) is 35.9 Å². The molecule has 1 atom stereocenters. The number of aromatic nitrogens is 1. The molecule has 1 aromatic heterocycles. The first-order valence-corrected chi connectivity index (χ1v) is 9.28. The topological polar surface area (TPSA) is 94.2 Å². The van der Waals surface area contributed by atoms with Gasteiger partial charge in [-0.3, -0.25) is 9.59 Å². The zero-order valence-corrected chi connectivity index (χ0v) is 15.4. The second-order valence-corrected chi connectivity index (χ2v) is 7.04. The molecule has 8 heteroatoms. The van der Waals surface area contributed by atoms with Crippen LogP contribution in [0.25, 0.3) is 22.2 Å². The second kappa shape index (κ2) is 7.54. The predicted molar refractivity (Wildman–Crippen MR) is 103 cm³/mol. The summed E-state index contributed by atoms with van der Waals surface area (Å²) in [6.45, 7) is 0.527. The molecule has 6 nitrogen and oxygen atoms in total. The Balaban J connectivity index is 1.65. The minimum absolute atomic E-state index is 0.0716. The van der Waals surface area contributed by atoms with Gasteiger partial charge in [-0.2, -0.15) is 0 Å². The summed E-state index contributed by atoms with van der Waals surface area (Å²) in [5, 5.41) is 15.6. The number of phenols is 1. The molecule has 1 saturated heterocycles. The summed E-state index contributed by atoms with van der Waals surface area (Å²) in [5.74, 6) is -1.75. The number of rotatable bonds is 5. The number of carbonyl (C=O) groups excluding carboxylic acids is 2. The Morgan fingerprint density at radius 2 is 1.97 bits per heavy atom. The van der Waals surface area contributed by atoms with Gasteiger partial charge in [-0.1, -0.05) is 0 Å². The average Bonchev–Trinajstić information content (AvgIpc) is 3.24. The number of phenolic OH excluding ortho intramolecular Hbond substituents is 1. The van der Waals surface area contributed by atoms with Crippen LogP contribution in [0.5, 0.6) is 5.75 Å². The van der Waals surface area contributed by atoms with Crippen LogP contribution in [0, 0.1) is 11.6 Å². The van der Waals surface area contributed by atoms with Crippen molar-refractivity contribution in [2.24, 2.45) is 0 Å². The van der Waals surface area contributed by atoms with Gasteiger partial charge in [-0.05, 0) is 54.3 Å². The van der Waals surface area contributed by atoms with Gasteiger partial charge in [0.25, 0.3) is 0 Å². The van der Waals surface area contributed by atoms with Crippen molar-refractivity contribution in [3.05, 3.63) is 53.6 Å². The number of amides is 2. The van der Waals surface area contributed by atoms with Crippen molar-refractivity contribution in [1.82, 2.24) is 15.6 Å². The number of benzene rings is 2. The molecule has 150 valence electrons. The largest absolute Gasteiger partial charge is 0.508 e. The van der Waals surface area contributed by atoms with Crippen molar-refractivity contribution in [3.8, 4) is 17.0 Å². The Morgan fingerprint density at radius 3 is 2.66 bits per heavy atom. The fourth-order valence-electron chi connectivity index (χ4n) is 3.65. The summed E-state index contributed by atoms with van der Waals surface area (Å²) in [6, 6.07) is 7.60. The Kier molecular flexibility index (Phi) is 4.92. The van der Waals surface area contributed by atoms with E-state index in [9.17, 15) is 23.5 Å². The number of fused-ring (bicyclic) bond motifs is 1. The lowest BCUT2D eigenvalue weighted by atomic mass is 10.0. The van der Waals surface area contributed by atoms with Crippen LogP contribution in [0.4, 0.5) is 8.78 Å². The molecule has 4 rings (SSSR count). The summed E-state index contributed by atoms with van der Waals surface area (Å²) < 4.78 is 27.7. The molecular weight excluding hydrogens is 380 g/mol. The summed E-state index contributed by atoms with van der Waals surface area (Å²) >= 11 is 0. The molecular formula is C21H19F2N3O3. The van der Waals surface area contributed by atoms with Crippen LogP contribution < -0.4 is 10.6 Å². The lowest BCUT2D eigenvalue weighted by Gasteiger charge is -2.10. The third-order valence-electron chi connectivity index (χ3n) is 5.07. The van der Waals surface area contributed by atoms with Crippen molar-refractivity contribution in [1.29, 1.82) is 0 Å². The first-order valence-electron chi connectivity index (χ1n) is 9.28. The second-order valence-electron chi connectivity index (χ2n) is 7.04. The lowest BCUT2D eigenvalue weighted by Crippen LogP contribution is -2.40. The highest BCUT2D eigenvalue weighted by molar-refractivity contribution is 5.93. The molecule has 3 aromatic rings. The van der Waals surface area contributed by atoms with E-state index in [4.69, 9.17) is 0 Å². The number of halogens is 2. The molecule has 0 aliphatic carbocycles. The molecule has 4 N–H and O–H groups in total. The number of aromatic amines is 1. The molecule has 0 spiro atoms. The summed E-state index contributed by atoms with van der Waals surface area (Å²) in [4.78, 5) is 27.0. The molecule has 2 heterocycles. The first-order chi connectivity index (χ1) is 13.9. The molecule has 2 amide bonds. The van der Waals surface area contributed by atoms with Crippen molar-refractivity contribution in [2.75, 3.05) is 6.54 Å². The average molecular weight is 399 g/mol. The predicted octanol–water partition coefficient (Wildman–Crippen LogP) is 2.76. The molecule has 29 heavy (non-hydrogen) atoms. The van der Waals surface area contributed by atoms with Crippen LogP contribution in [0.2, 0.25) is 0 Å². The number of aromatic hydroxyl groups is 1. The maximum absolute atomic E-state index is 14.4. The van der Waals surface area contributed by atoms with Gasteiger partial charge >= 0.3 is 0 Å². The Morgan fingerprint density at radius 1 is 1.21 bits per heavy atom. The third-order valence-corrected chi connectivity index (χ3v) is 5.07. The fraction of sp³-hybridized carbons (Fsp3) is 0.238. The number of nitrogens with one attached hydrogen (secondary N) is 3. The highest BCUT2D eigenvalue weighted by Crippen LogP contribution is 2.34. The number of hydrogen-bond acceptors (Lipinski definition) is 3. The van der Waals surface area contributed by atoms with E-state index in [1.54, 1.807) is 12.1 Å². The number of carbonyl (C=O) groups is 2. The van der Waals surface area contributed by atoms with Crippen LogP contribution in [0.1, 0.15) is 18.4 Å². The fourth-order valence-corrected chi connectivity index (χ4v) is 3.65. The van der Waals surface area contributed by atoms with Crippen molar-refractivity contribution in [2.45, 2.75) is 25.3 Å². The minimum atomic E-state index is -0.623. The van der Waals surface area contributed by atoms with Crippen LogP contribution in [-0.4, -0.2) is 34.5 Å². The Labute approximate surface area is 164 Å². The smallest absolute Gasteiger partial charge is 0.242 e. The molecule has 1 unspecified atom stereocenters. The van der Waals surface area contributed by atoms with E-state index in [0.717, 1.165) is 6.07 Å². The lowest BCUT2D eigenvalue weighted by molar-refractivity contribution is -0.127. The van der Waals surface area contributed by atoms with Gasteiger partial charge in [-0.15, -0.1) is 0 Å². The van der Waals surface area contributed by atoms with E-state index in [2.05, 4.69) is 15.6 Å². The molecule has 1 fully saturated rings. The monoisotopic (exact) mass is 399 g/mol. The number of hydrogen-bond donors (Lipinski definition) is 4. The summed E-state index contributed by atoms with van der Waals surface area (Å²) in [7, 11) is 0. The molecule has 0 bridgehead atoms.